The summed E-state index contributed by atoms with van der Waals surface area (Å²) in [7, 11) is 0. The second-order valence-electron chi connectivity index (χ2n) is 7.40. The number of aromatic nitrogens is 5. The van der Waals surface area contributed by atoms with Crippen molar-refractivity contribution >= 4 is 23.1 Å². The Kier molecular flexibility index (Phi) is 5.47. The van der Waals surface area contributed by atoms with Crippen molar-refractivity contribution in [3.8, 4) is 22.8 Å². The van der Waals surface area contributed by atoms with Crippen LogP contribution in [0.5, 0.6) is 0 Å². The van der Waals surface area contributed by atoms with E-state index in [2.05, 4.69) is 32.7 Å². The van der Waals surface area contributed by atoms with Crippen LogP contribution in [-0.2, 0) is 6.42 Å². The molecule has 5 aromatic rings. The molecule has 2 N–H and O–H groups in total. The molecular weight excluding hydrogens is 414 g/mol. The maximum atomic E-state index is 12.6. The number of nitrogens with zero attached hydrogens (tertiary/aromatic N) is 5. The number of hydrogen-bond acceptors (Lipinski definition) is 5. The zero-order valence-corrected chi connectivity index (χ0v) is 17.9. The van der Waals surface area contributed by atoms with Crippen LogP contribution in [0, 0.1) is 0 Å². The topological polar surface area (TPSA) is 97.1 Å². The maximum absolute atomic E-state index is 12.6. The Balaban J connectivity index is 1.40. The summed E-state index contributed by atoms with van der Waals surface area (Å²) < 4.78 is 1.67. The number of nitrogens with one attached hydrogen (secondary N) is 2. The molecule has 162 valence electrons. The molecular formula is C25H21N7O. The summed E-state index contributed by atoms with van der Waals surface area (Å²) in [4.78, 5) is 16.9. The number of amides is 2. The zero-order valence-electron chi connectivity index (χ0n) is 17.9. The molecule has 2 aromatic carbocycles. The molecule has 0 aliphatic heterocycles. The first-order valence-corrected chi connectivity index (χ1v) is 10.6. The van der Waals surface area contributed by atoms with Crippen LogP contribution < -0.4 is 10.6 Å². The number of carbonyl (C=O) groups excluding carboxylic acids is 1. The van der Waals surface area contributed by atoms with Crippen molar-refractivity contribution in [3.05, 3.63) is 90.6 Å². The minimum atomic E-state index is -0.298. The molecule has 0 unspecified atom stereocenters. The molecule has 0 bridgehead atoms. The lowest BCUT2D eigenvalue weighted by Crippen LogP contribution is -2.20. The number of pyridine rings is 1. The number of fused-ring (bicyclic) bond motifs is 1. The summed E-state index contributed by atoms with van der Waals surface area (Å²) >= 11 is 0. The van der Waals surface area contributed by atoms with Crippen LogP contribution in [0.1, 0.15) is 12.5 Å². The number of hydrogen-bond donors (Lipinski definition) is 2. The van der Waals surface area contributed by atoms with E-state index in [1.807, 2.05) is 78.9 Å². The Hall–Kier alpha value is -4.59. The van der Waals surface area contributed by atoms with Crippen LogP contribution in [0.2, 0.25) is 0 Å². The molecule has 33 heavy (non-hydrogen) atoms. The fraction of sp³-hybridized carbons (Fsp3) is 0.0800. The van der Waals surface area contributed by atoms with E-state index in [1.165, 1.54) is 0 Å². The summed E-state index contributed by atoms with van der Waals surface area (Å²) in [5, 5.41) is 19.0. The van der Waals surface area contributed by atoms with Crippen LogP contribution in [0.25, 0.3) is 28.4 Å². The summed E-state index contributed by atoms with van der Waals surface area (Å²) in [5.74, 6) is 0.565. The number of carbonyl (C=O) groups is 1. The van der Waals surface area contributed by atoms with Crippen molar-refractivity contribution in [3.63, 3.8) is 0 Å². The normalized spacial score (nSPS) is 10.8. The van der Waals surface area contributed by atoms with Gasteiger partial charge in [0, 0.05) is 23.1 Å². The molecule has 0 aliphatic rings. The highest BCUT2D eigenvalue weighted by Gasteiger charge is 2.12. The van der Waals surface area contributed by atoms with Crippen LogP contribution >= 0.6 is 0 Å². The van der Waals surface area contributed by atoms with Gasteiger partial charge in [-0.15, -0.1) is 10.2 Å². The third-order valence-corrected chi connectivity index (χ3v) is 5.22. The average molecular weight is 435 g/mol. The highest BCUT2D eigenvalue weighted by Crippen LogP contribution is 2.23. The molecule has 0 atom stereocenters. The van der Waals surface area contributed by atoms with Gasteiger partial charge in [0.15, 0.2) is 5.65 Å². The van der Waals surface area contributed by atoms with Crippen molar-refractivity contribution < 1.29 is 4.79 Å². The predicted molar refractivity (Wildman–Crippen MR) is 128 cm³/mol. The number of aryl methyl sites for hydroxylation is 1. The number of anilines is 2. The van der Waals surface area contributed by atoms with Gasteiger partial charge in [-0.1, -0.05) is 43.3 Å². The standard InChI is InChI=1S/C25H21N7O/c1-2-17-8-3-4-11-20(17)28-25(33)27-19-10-7-9-18(16-19)21-13-14-23-29-30-24(32(23)31-21)22-12-5-6-15-26-22/h3-16H,2H2,1H3,(H2,27,28,33). The third kappa shape index (κ3) is 4.27. The molecule has 8 heteroatoms. The molecule has 0 spiro atoms. The average Bonchev–Trinajstić information content (AvgIpc) is 3.28. The molecule has 0 saturated heterocycles. The first kappa shape index (κ1) is 20.3. The van der Waals surface area contributed by atoms with Crippen molar-refractivity contribution in [1.82, 2.24) is 24.8 Å². The van der Waals surface area contributed by atoms with Gasteiger partial charge in [0.25, 0.3) is 0 Å². The Labute approximate surface area is 190 Å². The van der Waals surface area contributed by atoms with Gasteiger partial charge in [-0.3, -0.25) is 4.98 Å². The van der Waals surface area contributed by atoms with Crippen LogP contribution in [0.4, 0.5) is 16.2 Å². The monoisotopic (exact) mass is 435 g/mol. The number of rotatable bonds is 5. The Morgan fingerprint density at radius 1 is 0.879 bits per heavy atom. The molecule has 3 aromatic heterocycles. The van der Waals surface area contributed by atoms with Gasteiger partial charge in [0.1, 0.15) is 5.69 Å². The van der Waals surface area contributed by atoms with Crippen molar-refractivity contribution in [2.75, 3.05) is 10.6 Å². The predicted octanol–water partition coefficient (Wildman–Crippen LogP) is 5.06. The van der Waals surface area contributed by atoms with E-state index in [0.717, 1.165) is 28.9 Å². The van der Waals surface area contributed by atoms with Gasteiger partial charge in [-0.25, -0.2) is 4.79 Å². The van der Waals surface area contributed by atoms with E-state index < -0.39 is 0 Å². The lowest BCUT2D eigenvalue weighted by atomic mass is 10.1. The Bertz CT molecular complexity index is 1430. The molecule has 5 rings (SSSR count). The second kappa shape index (κ2) is 8.88. The van der Waals surface area contributed by atoms with Crippen LogP contribution in [0.3, 0.4) is 0 Å². The van der Waals surface area contributed by atoms with Gasteiger partial charge >= 0.3 is 6.03 Å². The van der Waals surface area contributed by atoms with Gasteiger partial charge in [0.05, 0.1) is 5.69 Å². The highest BCUT2D eigenvalue weighted by atomic mass is 16.2. The number of urea groups is 1. The summed E-state index contributed by atoms with van der Waals surface area (Å²) in [6.07, 6.45) is 2.54. The van der Waals surface area contributed by atoms with Gasteiger partial charge in [-0.05, 0) is 54.4 Å². The fourth-order valence-electron chi connectivity index (χ4n) is 3.59. The first-order chi connectivity index (χ1) is 16.2. The van der Waals surface area contributed by atoms with Crippen molar-refractivity contribution in [1.29, 1.82) is 0 Å². The zero-order chi connectivity index (χ0) is 22.6. The van der Waals surface area contributed by atoms with E-state index in [1.54, 1.807) is 10.7 Å². The minimum absolute atomic E-state index is 0.298. The molecule has 3 heterocycles. The van der Waals surface area contributed by atoms with E-state index in [9.17, 15) is 4.79 Å². The minimum Gasteiger partial charge on any atom is -0.308 e. The number of benzene rings is 2. The lowest BCUT2D eigenvalue weighted by Gasteiger charge is -2.11. The lowest BCUT2D eigenvalue weighted by molar-refractivity contribution is 0.262. The Morgan fingerprint density at radius 3 is 2.61 bits per heavy atom. The van der Waals surface area contributed by atoms with Gasteiger partial charge < -0.3 is 10.6 Å². The third-order valence-electron chi connectivity index (χ3n) is 5.22. The van der Waals surface area contributed by atoms with Crippen molar-refractivity contribution in [2.24, 2.45) is 0 Å². The molecule has 2 amide bonds. The molecule has 0 fully saturated rings. The largest absolute Gasteiger partial charge is 0.323 e. The van der Waals surface area contributed by atoms with E-state index in [4.69, 9.17) is 5.10 Å². The number of para-hydroxylation sites is 1. The Morgan fingerprint density at radius 2 is 1.76 bits per heavy atom. The maximum Gasteiger partial charge on any atom is 0.323 e. The second-order valence-corrected chi connectivity index (χ2v) is 7.40. The summed E-state index contributed by atoms with van der Waals surface area (Å²) in [6, 6.07) is 24.3. The van der Waals surface area contributed by atoms with Gasteiger partial charge in [-0.2, -0.15) is 9.61 Å². The van der Waals surface area contributed by atoms with Crippen LogP contribution in [-0.4, -0.2) is 30.8 Å². The summed E-state index contributed by atoms with van der Waals surface area (Å²) in [5.41, 5.74) is 5.43. The highest BCUT2D eigenvalue weighted by molar-refractivity contribution is 6.00. The van der Waals surface area contributed by atoms with Crippen LogP contribution in [0.15, 0.2) is 85.1 Å². The fourth-order valence-corrected chi connectivity index (χ4v) is 3.59. The SMILES string of the molecule is CCc1ccccc1NC(=O)Nc1cccc(-c2ccc3nnc(-c4ccccn4)n3n2)c1. The van der Waals surface area contributed by atoms with E-state index in [0.29, 0.717) is 22.9 Å². The molecule has 0 radical (unpaired) electrons. The smallest absolute Gasteiger partial charge is 0.308 e. The molecule has 0 aliphatic carbocycles. The first-order valence-electron chi connectivity index (χ1n) is 10.6. The summed E-state index contributed by atoms with van der Waals surface area (Å²) in [6.45, 7) is 2.06. The molecule has 0 saturated carbocycles. The quantitative estimate of drug-likeness (QED) is 0.402. The van der Waals surface area contributed by atoms with E-state index in [-0.39, 0.29) is 6.03 Å². The van der Waals surface area contributed by atoms with E-state index >= 15 is 0 Å². The molecule has 8 nitrogen and oxygen atoms in total. The van der Waals surface area contributed by atoms with Gasteiger partial charge in [0.2, 0.25) is 5.82 Å². The van der Waals surface area contributed by atoms with Crippen molar-refractivity contribution in [2.45, 2.75) is 13.3 Å².